The van der Waals surface area contributed by atoms with Gasteiger partial charge in [-0.25, -0.2) is 4.68 Å². The van der Waals surface area contributed by atoms with Crippen LogP contribution in [0.15, 0.2) is 23.0 Å². The summed E-state index contributed by atoms with van der Waals surface area (Å²) >= 11 is 0. The predicted molar refractivity (Wildman–Crippen MR) is 76.9 cm³/mol. The molecule has 0 aliphatic carbocycles. The highest BCUT2D eigenvalue weighted by Gasteiger charge is 2.29. The number of rotatable bonds is 3. The van der Waals surface area contributed by atoms with Crippen LogP contribution < -0.4 is 10.9 Å². The Morgan fingerprint density at radius 3 is 2.15 bits per heavy atom. The van der Waals surface area contributed by atoms with Crippen molar-refractivity contribution in [3.05, 3.63) is 45.4 Å². The number of hydrogen-bond donors (Lipinski definition) is 3. The SMILES string of the molecule is CCc1[nH]n(-c2cc(C)cc(C)c2)c(=O)c1P(=O)(O)O. The van der Waals surface area contributed by atoms with Crippen LogP contribution in [0.3, 0.4) is 0 Å². The maximum atomic E-state index is 12.3. The second-order valence-corrected chi connectivity index (χ2v) is 6.36. The van der Waals surface area contributed by atoms with E-state index in [1.807, 2.05) is 19.9 Å². The fraction of sp³-hybridized carbons (Fsp3) is 0.308. The van der Waals surface area contributed by atoms with Gasteiger partial charge in [0.25, 0.3) is 5.56 Å². The summed E-state index contributed by atoms with van der Waals surface area (Å²) in [5, 5.41) is 2.34. The number of nitrogens with zero attached hydrogens (tertiary/aromatic N) is 1. The molecule has 0 fully saturated rings. The molecule has 0 radical (unpaired) electrons. The summed E-state index contributed by atoms with van der Waals surface area (Å²) in [6.07, 6.45) is 0.341. The fourth-order valence-electron chi connectivity index (χ4n) is 2.28. The number of aromatic nitrogens is 2. The number of aromatic amines is 1. The van der Waals surface area contributed by atoms with E-state index in [0.29, 0.717) is 12.1 Å². The second-order valence-electron chi connectivity index (χ2n) is 4.82. The van der Waals surface area contributed by atoms with Gasteiger partial charge in [-0.2, -0.15) is 0 Å². The zero-order chi connectivity index (χ0) is 15.1. The van der Waals surface area contributed by atoms with Crippen LogP contribution in [0.1, 0.15) is 23.7 Å². The number of hydrogen-bond acceptors (Lipinski definition) is 2. The highest BCUT2D eigenvalue weighted by Crippen LogP contribution is 2.33. The number of H-pyrrole nitrogens is 1. The van der Waals surface area contributed by atoms with Crippen LogP contribution in [0.5, 0.6) is 0 Å². The first-order valence-corrected chi connectivity index (χ1v) is 7.84. The molecule has 3 N–H and O–H groups in total. The second kappa shape index (κ2) is 5.05. The quantitative estimate of drug-likeness (QED) is 0.740. The van der Waals surface area contributed by atoms with E-state index < -0.39 is 18.5 Å². The van der Waals surface area contributed by atoms with Gasteiger partial charge in [0.15, 0.2) is 5.30 Å². The first-order chi connectivity index (χ1) is 9.24. The Kier molecular flexibility index (Phi) is 3.73. The molecule has 0 aliphatic heterocycles. The van der Waals surface area contributed by atoms with Crippen LogP contribution in [0.2, 0.25) is 0 Å². The van der Waals surface area contributed by atoms with Gasteiger partial charge in [0, 0.05) is 0 Å². The van der Waals surface area contributed by atoms with Gasteiger partial charge in [-0.05, 0) is 43.5 Å². The molecule has 1 aromatic heterocycles. The Balaban J connectivity index is 2.74. The Labute approximate surface area is 116 Å². The first-order valence-electron chi connectivity index (χ1n) is 6.22. The van der Waals surface area contributed by atoms with Crippen molar-refractivity contribution in [1.82, 2.24) is 9.78 Å². The van der Waals surface area contributed by atoms with Gasteiger partial charge in [-0.1, -0.05) is 13.0 Å². The number of aryl methyl sites for hydroxylation is 3. The van der Waals surface area contributed by atoms with Crippen LogP contribution in [0, 0.1) is 13.8 Å². The van der Waals surface area contributed by atoms with Crippen molar-refractivity contribution >= 4 is 12.9 Å². The summed E-state index contributed by atoms with van der Waals surface area (Å²) in [5.74, 6) is 0. The van der Waals surface area contributed by atoms with Gasteiger partial charge in [-0.3, -0.25) is 14.5 Å². The van der Waals surface area contributed by atoms with E-state index in [2.05, 4.69) is 5.10 Å². The summed E-state index contributed by atoms with van der Waals surface area (Å²) in [7, 11) is -4.60. The monoisotopic (exact) mass is 296 g/mol. The molecule has 0 unspecified atom stereocenters. The van der Waals surface area contributed by atoms with E-state index in [1.165, 1.54) is 4.68 Å². The molecule has 0 saturated heterocycles. The van der Waals surface area contributed by atoms with E-state index in [-0.39, 0.29) is 5.69 Å². The van der Waals surface area contributed by atoms with Crippen molar-refractivity contribution in [1.29, 1.82) is 0 Å². The molecule has 0 aliphatic rings. The maximum Gasteiger partial charge on any atom is 0.363 e. The summed E-state index contributed by atoms with van der Waals surface area (Å²) in [6.45, 7) is 5.53. The molecule has 108 valence electrons. The van der Waals surface area contributed by atoms with Crippen molar-refractivity contribution < 1.29 is 14.4 Å². The highest BCUT2D eigenvalue weighted by atomic mass is 31.2. The first kappa shape index (κ1) is 14.8. The Morgan fingerprint density at radius 2 is 1.75 bits per heavy atom. The minimum atomic E-state index is -4.60. The third-order valence-electron chi connectivity index (χ3n) is 3.05. The molecular formula is C13H17N2O4P. The average Bonchev–Trinajstić information content (AvgIpc) is 2.64. The van der Waals surface area contributed by atoms with E-state index in [4.69, 9.17) is 0 Å². The highest BCUT2D eigenvalue weighted by molar-refractivity contribution is 7.60. The molecule has 2 aromatic rings. The topological polar surface area (TPSA) is 95.3 Å². The summed E-state index contributed by atoms with van der Waals surface area (Å²) in [5.41, 5.74) is 2.08. The smallest absolute Gasteiger partial charge is 0.321 e. The van der Waals surface area contributed by atoms with Crippen LogP contribution in [-0.2, 0) is 11.0 Å². The van der Waals surface area contributed by atoms with Gasteiger partial charge in [0.2, 0.25) is 0 Å². The molecule has 0 atom stereocenters. The zero-order valence-electron chi connectivity index (χ0n) is 11.5. The Hall–Kier alpha value is -1.62. The van der Waals surface area contributed by atoms with Crippen molar-refractivity contribution in [3.63, 3.8) is 0 Å². The average molecular weight is 296 g/mol. The Bertz CT molecular complexity index is 734. The molecule has 2 rings (SSSR count). The summed E-state index contributed by atoms with van der Waals surface area (Å²) in [6, 6.07) is 5.53. The largest absolute Gasteiger partial charge is 0.363 e. The van der Waals surface area contributed by atoms with Crippen molar-refractivity contribution in [2.75, 3.05) is 0 Å². The molecule has 7 heteroatoms. The van der Waals surface area contributed by atoms with E-state index >= 15 is 0 Å². The number of benzene rings is 1. The summed E-state index contributed by atoms with van der Waals surface area (Å²) in [4.78, 5) is 30.9. The van der Waals surface area contributed by atoms with Gasteiger partial charge < -0.3 is 9.79 Å². The normalized spacial score (nSPS) is 11.8. The third kappa shape index (κ3) is 2.63. The maximum absolute atomic E-state index is 12.3. The minimum absolute atomic E-state index is 0.266. The van der Waals surface area contributed by atoms with Crippen LogP contribution in [0.4, 0.5) is 0 Å². The van der Waals surface area contributed by atoms with Crippen molar-refractivity contribution in [3.8, 4) is 5.69 Å². The fourth-order valence-corrected chi connectivity index (χ4v) is 3.19. The molecule has 0 saturated carbocycles. The lowest BCUT2D eigenvalue weighted by Gasteiger charge is -2.05. The lowest BCUT2D eigenvalue weighted by Crippen LogP contribution is -2.28. The van der Waals surface area contributed by atoms with E-state index in [9.17, 15) is 19.1 Å². The molecule has 6 nitrogen and oxygen atoms in total. The number of nitrogens with one attached hydrogen (secondary N) is 1. The molecule has 1 aromatic carbocycles. The molecule has 1 heterocycles. The third-order valence-corrected chi connectivity index (χ3v) is 4.09. The minimum Gasteiger partial charge on any atom is -0.321 e. The van der Waals surface area contributed by atoms with E-state index in [1.54, 1.807) is 19.1 Å². The molecule has 0 spiro atoms. The molecule has 20 heavy (non-hydrogen) atoms. The van der Waals surface area contributed by atoms with Gasteiger partial charge in [0.1, 0.15) is 0 Å². The lowest BCUT2D eigenvalue weighted by atomic mass is 10.1. The standard InChI is InChI=1S/C13H17N2O4P/c1-4-11-12(20(17,18)19)13(16)15(14-11)10-6-8(2)5-9(3)7-10/h5-7,14H,4H2,1-3H3,(H2,17,18,19). The van der Waals surface area contributed by atoms with Crippen LogP contribution in [0.25, 0.3) is 5.69 Å². The predicted octanol–water partition coefficient (Wildman–Crippen LogP) is 1.15. The van der Waals surface area contributed by atoms with Crippen LogP contribution in [-0.4, -0.2) is 19.6 Å². The van der Waals surface area contributed by atoms with Gasteiger partial charge in [-0.15, -0.1) is 0 Å². The van der Waals surface area contributed by atoms with Crippen molar-refractivity contribution in [2.24, 2.45) is 0 Å². The van der Waals surface area contributed by atoms with E-state index in [0.717, 1.165) is 11.1 Å². The summed E-state index contributed by atoms with van der Waals surface area (Å²) < 4.78 is 12.7. The van der Waals surface area contributed by atoms with Crippen LogP contribution >= 0.6 is 7.60 Å². The zero-order valence-corrected chi connectivity index (χ0v) is 12.4. The Morgan fingerprint density at radius 1 is 1.20 bits per heavy atom. The van der Waals surface area contributed by atoms with Gasteiger partial charge in [0.05, 0.1) is 11.4 Å². The molecule has 0 amide bonds. The lowest BCUT2D eigenvalue weighted by molar-refractivity contribution is 0.387. The molecular weight excluding hydrogens is 279 g/mol. The molecule has 0 bridgehead atoms. The van der Waals surface area contributed by atoms with Crippen molar-refractivity contribution in [2.45, 2.75) is 27.2 Å². The van der Waals surface area contributed by atoms with Gasteiger partial charge >= 0.3 is 7.60 Å².